The smallest absolute Gasteiger partial charge is 0.337 e. The third-order valence-corrected chi connectivity index (χ3v) is 8.11. The third kappa shape index (κ3) is 9.37. The van der Waals surface area contributed by atoms with Gasteiger partial charge in [0, 0.05) is 19.9 Å². The molecule has 3 aromatic carbocycles. The first kappa shape index (κ1) is 34.6. The standard InChI is InChI=1S/C31H31ClI2N4O7/c1-4-43-25-12-19(28-27(30(40)42-3)17(2)36-31(41)37-28)7-10-24(25)44-16-26(39)38-35-14-20-11-22(33)13-23(34)29(20)45-15-18-5-8-21(32)9-6-18/h5-14,26,28,38-39H,4,15-16H2,1-3H3,(H2,36,37,41)/b35-14+/t26-,28-/m0/s1. The van der Waals surface area contributed by atoms with Gasteiger partial charge >= 0.3 is 12.0 Å². The quantitative estimate of drug-likeness (QED) is 0.0570. The molecule has 0 unspecified atom stereocenters. The molecule has 2 atom stereocenters. The Bertz CT molecular complexity index is 1600. The summed E-state index contributed by atoms with van der Waals surface area (Å²) in [5, 5.41) is 20.8. The Labute approximate surface area is 293 Å². The fraction of sp³-hybridized carbons (Fsp3) is 0.258. The Morgan fingerprint density at radius 1 is 1.11 bits per heavy atom. The Morgan fingerprint density at radius 2 is 1.87 bits per heavy atom. The molecule has 0 bridgehead atoms. The topological polar surface area (TPSA) is 140 Å². The highest BCUT2D eigenvalue weighted by molar-refractivity contribution is 14.1. The molecule has 0 radical (unpaired) electrons. The maximum atomic E-state index is 12.5. The van der Waals surface area contributed by atoms with Crippen molar-refractivity contribution in [2.24, 2.45) is 5.10 Å². The van der Waals surface area contributed by atoms with Crippen LogP contribution in [0.25, 0.3) is 0 Å². The molecule has 0 aromatic heterocycles. The van der Waals surface area contributed by atoms with Gasteiger partial charge in [-0.2, -0.15) is 5.10 Å². The molecule has 11 nitrogen and oxygen atoms in total. The first-order chi connectivity index (χ1) is 21.6. The average molecular weight is 861 g/mol. The van der Waals surface area contributed by atoms with Crippen LogP contribution in [0.3, 0.4) is 0 Å². The van der Waals surface area contributed by atoms with E-state index >= 15 is 0 Å². The maximum absolute atomic E-state index is 12.5. The summed E-state index contributed by atoms with van der Waals surface area (Å²) in [5.74, 6) is 0.819. The van der Waals surface area contributed by atoms with Crippen LogP contribution in [0.1, 0.15) is 36.6 Å². The number of benzene rings is 3. The third-order valence-electron chi connectivity index (χ3n) is 6.43. The van der Waals surface area contributed by atoms with Crippen LogP contribution in [-0.4, -0.2) is 49.9 Å². The SMILES string of the molecule is CCOc1cc([C@@H]2NC(=O)NC(C)=C2C(=O)OC)ccc1OC[C@H](O)N/N=C/c1cc(I)cc(I)c1OCc1ccc(Cl)cc1. The van der Waals surface area contributed by atoms with Crippen LogP contribution < -0.4 is 30.3 Å². The van der Waals surface area contributed by atoms with E-state index in [2.05, 4.69) is 66.3 Å². The number of esters is 1. The molecule has 0 aliphatic carbocycles. The molecule has 1 aliphatic rings. The fourth-order valence-electron chi connectivity index (χ4n) is 4.38. The highest BCUT2D eigenvalue weighted by atomic mass is 127. The van der Waals surface area contributed by atoms with Crippen molar-refractivity contribution in [3.63, 3.8) is 0 Å². The zero-order valence-corrected chi connectivity index (χ0v) is 29.6. The molecule has 238 valence electrons. The zero-order valence-electron chi connectivity index (χ0n) is 24.5. The number of hydrogen-bond acceptors (Lipinski definition) is 9. The van der Waals surface area contributed by atoms with E-state index < -0.39 is 24.3 Å². The molecule has 0 spiro atoms. The molecule has 3 aromatic rings. The summed E-state index contributed by atoms with van der Waals surface area (Å²) in [6, 6.07) is 15.2. The summed E-state index contributed by atoms with van der Waals surface area (Å²) >= 11 is 10.4. The number of carbonyl (C=O) groups is 2. The predicted molar refractivity (Wildman–Crippen MR) is 187 cm³/mol. The number of nitrogens with zero attached hydrogens (tertiary/aromatic N) is 1. The normalized spacial score (nSPS) is 15.3. The van der Waals surface area contributed by atoms with Crippen molar-refractivity contribution in [1.29, 1.82) is 0 Å². The number of halogens is 3. The second-order valence-electron chi connectivity index (χ2n) is 9.64. The summed E-state index contributed by atoms with van der Waals surface area (Å²) in [6.07, 6.45) is 0.420. The van der Waals surface area contributed by atoms with Crippen molar-refractivity contribution < 1.29 is 33.6 Å². The average Bonchev–Trinajstić information content (AvgIpc) is 3.00. The van der Waals surface area contributed by atoms with Crippen molar-refractivity contribution in [3.8, 4) is 17.2 Å². The minimum Gasteiger partial charge on any atom is -0.490 e. The van der Waals surface area contributed by atoms with Crippen molar-refractivity contribution in [1.82, 2.24) is 16.1 Å². The maximum Gasteiger partial charge on any atom is 0.337 e. The summed E-state index contributed by atoms with van der Waals surface area (Å²) in [7, 11) is 1.28. The summed E-state index contributed by atoms with van der Waals surface area (Å²) < 4.78 is 24.6. The number of allylic oxidation sites excluding steroid dienone is 1. The largest absolute Gasteiger partial charge is 0.490 e. The van der Waals surface area contributed by atoms with Crippen molar-refractivity contribution in [2.75, 3.05) is 20.3 Å². The zero-order chi connectivity index (χ0) is 32.5. The molecule has 0 saturated carbocycles. The molecule has 0 saturated heterocycles. The molecule has 4 rings (SSSR count). The number of urea groups is 1. The van der Waals surface area contributed by atoms with Crippen LogP contribution in [0.15, 0.2) is 71.0 Å². The summed E-state index contributed by atoms with van der Waals surface area (Å²) in [5.41, 5.74) is 5.62. The Hall–Kier alpha value is -3.28. The van der Waals surface area contributed by atoms with E-state index in [0.29, 0.717) is 46.7 Å². The summed E-state index contributed by atoms with van der Waals surface area (Å²) in [6.45, 7) is 3.97. The number of carbonyl (C=O) groups excluding carboxylic acids is 2. The van der Waals surface area contributed by atoms with E-state index in [-0.39, 0.29) is 12.2 Å². The van der Waals surface area contributed by atoms with Crippen molar-refractivity contribution in [2.45, 2.75) is 32.7 Å². The van der Waals surface area contributed by atoms with E-state index in [1.165, 1.54) is 7.11 Å². The van der Waals surface area contributed by atoms with Gasteiger partial charge in [-0.25, -0.2) is 9.59 Å². The molecule has 4 N–H and O–H groups in total. The molecular weight excluding hydrogens is 830 g/mol. The number of hydrazone groups is 1. The lowest BCUT2D eigenvalue weighted by molar-refractivity contribution is -0.136. The molecule has 45 heavy (non-hydrogen) atoms. The first-order valence-electron chi connectivity index (χ1n) is 13.7. The summed E-state index contributed by atoms with van der Waals surface area (Å²) in [4.78, 5) is 24.6. The van der Waals surface area contributed by atoms with Gasteiger partial charge in [-0.05, 0) is 107 Å². The lowest BCUT2D eigenvalue weighted by Gasteiger charge is -2.28. The van der Waals surface area contributed by atoms with Crippen LogP contribution in [-0.2, 0) is 16.1 Å². The number of aliphatic hydroxyl groups excluding tert-OH is 1. The highest BCUT2D eigenvalue weighted by Gasteiger charge is 2.32. The predicted octanol–water partition coefficient (Wildman–Crippen LogP) is 5.65. The second kappa shape index (κ2) is 16.3. The van der Waals surface area contributed by atoms with Gasteiger partial charge in [0.15, 0.2) is 17.7 Å². The van der Waals surface area contributed by atoms with E-state index in [1.54, 1.807) is 31.3 Å². The lowest BCUT2D eigenvalue weighted by Crippen LogP contribution is -2.45. The van der Waals surface area contributed by atoms with E-state index in [0.717, 1.165) is 18.3 Å². The van der Waals surface area contributed by atoms with Gasteiger partial charge in [-0.1, -0.05) is 29.8 Å². The van der Waals surface area contributed by atoms with Gasteiger partial charge in [0.25, 0.3) is 0 Å². The molecule has 0 fully saturated rings. The molecule has 1 heterocycles. The van der Waals surface area contributed by atoms with E-state index in [4.69, 9.17) is 30.5 Å². The number of amides is 2. The minimum absolute atomic E-state index is 0.156. The first-order valence-corrected chi connectivity index (χ1v) is 16.2. The Kier molecular flexibility index (Phi) is 12.6. The number of ether oxygens (including phenoxy) is 4. The van der Waals surface area contributed by atoms with Crippen molar-refractivity contribution >= 4 is 75.0 Å². The lowest BCUT2D eigenvalue weighted by atomic mass is 9.95. The second-order valence-corrected chi connectivity index (χ2v) is 12.5. The van der Waals surface area contributed by atoms with Gasteiger partial charge in [0.1, 0.15) is 19.0 Å². The van der Waals surface area contributed by atoms with Crippen molar-refractivity contribution in [3.05, 3.63) is 94.7 Å². The molecule has 14 heteroatoms. The molecule has 2 amide bonds. The van der Waals surface area contributed by atoms with Gasteiger partial charge in [0.2, 0.25) is 0 Å². The van der Waals surface area contributed by atoms with Gasteiger partial charge in [0.05, 0.1) is 35.1 Å². The number of rotatable bonds is 13. The van der Waals surface area contributed by atoms with E-state index in [9.17, 15) is 14.7 Å². The number of hydrogen-bond donors (Lipinski definition) is 4. The van der Waals surface area contributed by atoms with Gasteiger partial charge < -0.3 is 34.7 Å². The van der Waals surface area contributed by atoms with Crippen LogP contribution in [0.5, 0.6) is 17.2 Å². The van der Waals surface area contributed by atoms with Gasteiger partial charge in [-0.3, -0.25) is 5.43 Å². The fourth-order valence-corrected chi connectivity index (χ4v) is 6.55. The Balaban J connectivity index is 1.42. The van der Waals surface area contributed by atoms with Crippen LogP contribution in [0.4, 0.5) is 4.79 Å². The van der Waals surface area contributed by atoms with E-state index in [1.807, 2.05) is 43.3 Å². The Morgan fingerprint density at radius 3 is 2.58 bits per heavy atom. The monoisotopic (exact) mass is 860 g/mol. The molecular formula is C31H31ClI2N4O7. The van der Waals surface area contributed by atoms with Crippen LogP contribution in [0, 0.1) is 7.14 Å². The highest BCUT2D eigenvalue weighted by Crippen LogP contribution is 2.35. The van der Waals surface area contributed by atoms with Crippen LogP contribution >= 0.6 is 56.8 Å². The number of aliphatic hydroxyl groups is 1. The number of methoxy groups -OCH3 is 1. The van der Waals surface area contributed by atoms with Crippen LogP contribution in [0.2, 0.25) is 5.02 Å². The minimum atomic E-state index is -1.16. The number of nitrogens with one attached hydrogen (secondary N) is 3. The van der Waals surface area contributed by atoms with Gasteiger partial charge in [-0.15, -0.1) is 0 Å². The molecule has 1 aliphatic heterocycles.